The first-order valence-electron chi connectivity index (χ1n) is 5.27. The molecule has 0 amide bonds. The molecule has 0 saturated heterocycles. The molecule has 0 heterocycles. The van der Waals surface area contributed by atoms with Crippen molar-refractivity contribution in [2.75, 3.05) is 0 Å². The molecule has 0 aromatic heterocycles. The van der Waals surface area contributed by atoms with Gasteiger partial charge in [0.05, 0.1) is 6.10 Å². The number of hydrogen-bond acceptors (Lipinski definition) is 1. The van der Waals surface area contributed by atoms with Crippen LogP contribution in [0.5, 0.6) is 0 Å². The van der Waals surface area contributed by atoms with Gasteiger partial charge in [-0.3, -0.25) is 0 Å². The van der Waals surface area contributed by atoms with Crippen LogP contribution in [0.4, 0.5) is 0 Å². The lowest BCUT2D eigenvalue weighted by Gasteiger charge is -2.19. The van der Waals surface area contributed by atoms with Crippen LogP contribution in [0.25, 0.3) is 6.08 Å². The van der Waals surface area contributed by atoms with Crippen molar-refractivity contribution in [1.29, 1.82) is 0 Å². The van der Waals surface area contributed by atoms with Crippen LogP contribution in [0.15, 0.2) is 35.9 Å². The molecule has 0 spiro atoms. The van der Waals surface area contributed by atoms with Crippen LogP contribution in [0.3, 0.4) is 0 Å². The van der Waals surface area contributed by atoms with Crippen molar-refractivity contribution in [3.63, 3.8) is 0 Å². The Hall–Kier alpha value is -1.08. The molecular weight excluding hydrogens is 172 g/mol. The molecular formula is C13H16O. The number of aliphatic hydroxyl groups excluding tert-OH is 1. The molecule has 1 heteroatoms. The van der Waals surface area contributed by atoms with Gasteiger partial charge >= 0.3 is 0 Å². The summed E-state index contributed by atoms with van der Waals surface area (Å²) in [5.74, 6) is 0. The van der Waals surface area contributed by atoms with Gasteiger partial charge in [0.25, 0.3) is 0 Å². The van der Waals surface area contributed by atoms with E-state index in [0.29, 0.717) is 0 Å². The first-order chi connectivity index (χ1) is 6.84. The summed E-state index contributed by atoms with van der Waals surface area (Å²) >= 11 is 0. The molecule has 14 heavy (non-hydrogen) atoms. The average Bonchev–Trinajstić information content (AvgIpc) is 2.23. The molecule has 0 aliphatic heterocycles. The largest absolute Gasteiger partial charge is 0.393 e. The maximum absolute atomic E-state index is 9.37. The molecule has 1 saturated carbocycles. The highest BCUT2D eigenvalue weighted by Gasteiger charge is 2.12. The normalized spacial score (nSPS) is 22.1. The molecule has 1 aromatic carbocycles. The van der Waals surface area contributed by atoms with E-state index in [0.717, 1.165) is 25.7 Å². The lowest BCUT2D eigenvalue weighted by atomic mass is 9.91. The first-order valence-corrected chi connectivity index (χ1v) is 5.27. The van der Waals surface area contributed by atoms with Gasteiger partial charge in [-0.1, -0.05) is 42.0 Å². The lowest BCUT2D eigenvalue weighted by molar-refractivity contribution is 0.144. The Morgan fingerprint density at radius 1 is 1.07 bits per heavy atom. The standard InChI is InChI=1S/C13H16O/c14-13-8-6-12(7-9-13)10-11-4-2-1-3-5-11/h1-5,10,13-14H,6-9H2. The van der Waals surface area contributed by atoms with Crippen LogP contribution in [-0.2, 0) is 0 Å². The number of benzene rings is 1. The average molecular weight is 188 g/mol. The Balaban J connectivity index is 2.05. The van der Waals surface area contributed by atoms with Gasteiger partial charge in [0, 0.05) is 0 Å². The SMILES string of the molecule is OC1CCC(=Cc2ccccc2)CC1. The highest BCUT2D eigenvalue weighted by Crippen LogP contribution is 2.25. The van der Waals surface area contributed by atoms with Gasteiger partial charge in [0.2, 0.25) is 0 Å². The van der Waals surface area contributed by atoms with Crippen molar-refractivity contribution in [2.24, 2.45) is 0 Å². The second kappa shape index (κ2) is 4.43. The number of allylic oxidation sites excluding steroid dienone is 1. The molecule has 1 aromatic rings. The number of rotatable bonds is 1. The maximum atomic E-state index is 9.37. The Morgan fingerprint density at radius 3 is 2.36 bits per heavy atom. The van der Waals surface area contributed by atoms with E-state index < -0.39 is 0 Å². The second-order valence-electron chi connectivity index (χ2n) is 3.94. The van der Waals surface area contributed by atoms with E-state index in [4.69, 9.17) is 0 Å². The molecule has 1 aliphatic rings. The summed E-state index contributed by atoms with van der Waals surface area (Å²) in [7, 11) is 0. The molecule has 0 radical (unpaired) electrons. The number of hydrogen-bond donors (Lipinski definition) is 1. The predicted molar refractivity (Wildman–Crippen MR) is 58.9 cm³/mol. The summed E-state index contributed by atoms with van der Waals surface area (Å²) in [6.07, 6.45) is 6.15. The fourth-order valence-corrected chi connectivity index (χ4v) is 1.90. The Bertz CT molecular complexity index is 303. The Kier molecular flexibility index (Phi) is 3.00. The summed E-state index contributed by atoms with van der Waals surface area (Å²) in [5.41, 5.74) is 2.75. The quantitative estimate of drug-likeness (QED) is 0.718. The minimum atomic E-state index is -0.0667. The maximum Gasteiger partial charge on any atom is 0.0546 e. The summed E-state index contributed by atoms with van der Waals surface area (Å²) in [4.78, 5) is 0. The molecule has 0 atom stereocenters. The highest BCUT2D eigenvalue weighted by molar-refractivity contribution is 5.52. The second-order valence-corrected chi connectivity index (χ2v) is 3.94. The Morgan fingerprint density at radius 2 is 1.71 bits per heavy atom. The van der Waals surface area contributed by atoms with Gasteiger partial charge in [-0.2, -0.15) is 0 Å². The smallest absolute Gasteiger partial charge is 0.0546 e. The number of aliphatic hydroxyl groups is 1. The van der Waals surface area contributed by atoms with Crippen molar-refractivity contribution in [2.45, 2.75) is 31.8 Å². The summed E-state index contributed by atoms with van der Waals surface area (Å²) in [5, 5.41) is 9.37. The van der Waals surface area contributed by atoms with Gasteiger partial charge in [0.15, 0.2) is 0 Å². The van der Waals surface area contributed by atoms with Crippen LogP contribution < -0.4 is 0 Å². The molecule has 1 aliphatic carbocycles. The van der Waals surface area contributed by atoms with Gasteiger partial charge in [-0.05, 0) is 31.2 Å². The fraction of sp³-hybridized carbons (Fsp3) is 0.385. The topological polar surface area (TPSA) is 20.2 Å². The third kappa shape index (κ3) is 2.46. The highest BCUT2D eigenvalue weighted by atomic mass is 16.3. The Labute approximate surface area is 85.1 Å². The summed E-state index contributed by atoms with van der Waals surface area (Å²) < 4.78 is 0. The van der Waals surface area contributed by atoms with Crippen molar-refractivity contribution >= 4 is 6.08 Å². The van der Waals surface area contributed by atoms with E-state index in [-0.39, 0.29) is 6.10 Å². The molecule has 74 valence electrons. The van der Waals surface area contributed by atoms with Gasteiger partial charge in [-0.25, -0.2) is 0 Å². The van der Waals surface area contributed by atoms with Crippen LogP contribution in [-0.4, -0.2) is 11.2 Å². The molecule has 1 nitrogen and oxygen atoms in total. The van der Waals surface area contributed by atoms with Crippen LogP contribution in [0.2, 0.25) is 0 Å². The van der Waals surface area contributed by atoms with Crippen LogP contribution >= 0.6 is 0 Å². The van der Waals surface area contributed by atoms with E-state index in [9.17, 15) is 5.11 Å². The molecule has 0 unspecified atom stereocenters. The van der Waals surface area contributed by atoms with Crippen molar-refractivity contribution < 1.29 is 5.11 Å². The lowest BCUT2D eigenvalue weighted by Crippen LogP contribution is -2.12. The van der Waals surface area contributed by atoms with Gasteiger partial charge < -0.3 is 5.11 Å². The molecule has 1 N–H and O–H groups in total. The van der Waals surface area contributed by atoms with Crippen LogP contribution in [0, 0.1) is 0 Å². The minimum Gasteiger partial charge on any atom is -0.393 e. The van der Waals surface area contributed by atoms with Crippen molar-refractivity contribution in [3.05, 3.63) is 41.5 Å². The zero-order valence-electron chi connectivity index (χ0n) is 8.32. The monoisotopic (exact) mass is 188 g/mol. The predicted octanol–water partition coefficient (Wildman–Crippen LogP) is 3.00. The van der Waals surface area contributed by atoms with E-state index in [1.807, 2.05) is 6.07 Å². The minimum absolute atomic E-state index is 0.0667. The fourth-order valence-electron chi connectivity index (χ4n) is 1.90. The summed E-state index contributed by atoms with van der Waals surface area (Å²) in [6, 6.07) is 10.4. The molecule has 1 fully saturated rings. The summed E-state index contributed by atoms with van der Waals surface area (Å²) in [6.45, 7) is 0. The first kappa shape index (κ1) is 9.47. The third-order valence-corrected chi connectivity index (χ3v) is 2.77. The zero-order valence-corrected chi connectivity index (χ0v) is 8.32. The van der Waals surface area contributed by atoms with E-state index in [2.05, 4.69) is 30.3 Å². The van der Waals surface area contributed by atoms with Crippen molar-refractivity contribution in [3.8, 4) is 0 Å². The van der Waals surface area contributed by atoms with Crippen molar-refractivity contribution in [1.82, 2.24) is 0 Å². The zero-order chi connectivity index (χ0) is 9.80. The van der Waals surface area contributed by atoms with Gasteiger partial charge in [-0.15, -0.1) is 0 Å². The van der Waals surface area contributed by atoms with Gasteiger partial charge in [0.1, 0.15) is 0 Å². The van der Waals surface area contributed by atoms with E-state index in [1.54, 1.807) is 0 Å². The van der Waals surface area contributed by atoms with E-state index in [1.165, 1.54) is 11.1 Å². The molecule has 2 rings (SSSR count). The molecule has 0 bridgehead atoms. The van der Waals surface area contributed by atoms with Crippen LogP contribution in [0.1, 0.15) is 31.2 Å². The van der Waals surface area contributed by atoms with E-state index >= 15 is 0 Å². The third-order valence-electron chi connectivity index (χ3n) is 2.77.